The molecular weight excluding hydrogens is 434 g/mol. The summed E-state index contributed by atoms with van der Waals surface area (Å²) in [7, 11) is 0. The average Bonchev–Trinajstić information content (AvgIpc) is 2.74. The number of allylic oxidation sites excluding steroid dienone is 2. The molecule has 5 aliphatic rings. The highest BCUT2D eigenvalue weighted by molar-refractivity contribution is 5.95. The molecule has 4 fully saturated rings. The highest BCUT2D eigenvalue weighted by Gasteiger charge is 2.70. The van der Waals surface area contributed by atoms with E-state index in [2.05, 4.69) is 54.5 Å². The van der Waals surface area contributed by atoms with Crippen molar-refractivity contribution in [2.75, 3.05) is 0 Å². The lowest BCUT2D eigenvalue weighted by Gasteiger charge is -2.70. The number of ketones is 1. The first-order valence-electron chi connectivity index (χ1n) is 14.3. The fraction of sp³-hybridized carbons (Fsp3) is 0.871. The number of esters is 1. The van der Waals surface area contributed by atoms with E-state index in [-0.39, 0.29) is 40.2 Å². The minimum absolute atomic E-state index is 0.0238. The summed E-state index contributed by atoms with van der Waals surface area (Å²) >= 11 is 0. The van der Waals surface area contributed by atoms with Crippen molar-refractivity contribution in [3.63, 3.8) is 0 Å². The highest BCUT2D eigenvalue weighted by Crippen LogP contribution is 2.74. The van der Waals surface area contributed by atoms with E-state index >= 15 is 0 Å². The van der Waals surface area contributed by atoms with Crippen molar-refractivity contribution in [1.82, 2.24) is 0 Å². The van der Waals surface area contributed by atoms with Crippen LogP contribution >= 0.6 is 0 Å². The average molecular weight is 484 g/mol. The van der Waals surface area contributed by atoms with Crippen molar-refractivity contribution in [2.45, 2.75) is 118 Å². The van der Waals surface area contributed by atoms with Crippen LogP contribution in [-0.2, 0) is 14.3 Å². The molecule has 2 N–H and O–H groups in total. The van der Waals surface area contributed by atoms with Crippen LogP contribution in [0.2, 0.25) is 0 Å². The summed E-state index contributed by atoms with van der Waals surface area (Å²) in [4.78, 5) is 26.1. The number of hydrogen-bond donors (Lipinski definition) is 1. The van der Waals surface area contributed by atoms with Gasteiger partial charge in [0.2, 0.25) is 0 Å². The molecule has 0 aromatic rings. The summed E-state index contributed by atoms with van der Waals surface area (Å²) in [6.07, 6.45) is 10.6. The van der Waals surface area contributed by atoms with Crippen LogP contribution in [0.4, 0.5) is 0 Å². The second-order valence-corrected chi connectivity index (χ2v) is 14.8. The van der Waals surface area contributed by atoms with Crippen LogP contribution in [0.5, 0.6) is 0 Å². The van der Waals surface area contributed by atoms with E-state index in [0.29, 0.717) is 29.0 Å². The highest BCUT2D eigenvalue weighted by atomic mass is 16.5. The molecule has 5 rings (SSSR count). The Hall–Kier alpha value is -1.16. The van der Waals surface area contributed by atoms with Crippen LogP contribution in [0, 0.1) is 51.2 Å². The molecule has 0 amide bonds. The Kier molecular flexibility index (Phi) is 5.59. The molecule has 0 heterocycles. The van der Waals surface area contributed by atoms with Crippen molar-refractivity contribution in [1.29, 1.82) is 0 Å². The summed E-state index contributed by atoms with van der Waals surface area (Å²) in [5, 5.41) is 0. The third-order valence-electron chi connectivity index (χ3n) is 13.1. The molecule has 0 aromatic carbocycles. The van der Waals surface area contributed by atoms with Crippen molar-refractivity contribution < 1.29 is 14.3 Å². The van der Waals surface area contributed by atoms with Gasteiger partial charge < -0.3 is 10.5 Å². The van der Waals surface area contributed by atoms with E-state index in [9.17, 15) is 9.59 Å². The molecule has 0 spiro atoms. The molecule has 196 valence electrons. The van der Waals surface area contributed by atoms with Gasteiger partial charge in [-0.3, -0.25) is 9.59 Å². The summed E-state index contributed by atoms with van der Waals surface area (Å²) in [5.41, 5.74) is 8.01. The molecule has 5 aliphatic carbocycles. The van der Waals surface area contributed by atoms with E-state index in [0.717, 1.165) is 25.7 Å². The van der Waals surface area contributed by atoms with Crippen LogP contribution in [-0.4, -0.2) is 23.4 Å². The normalized spacial score (nSPS) is 55.6. The largest absolute Gasteiger partial charge is 0.461 e. The Labute approximate surface area is 213 Å². The van der Waals surface area contributed by atoms with Gasteiger partial charge in [0.05, 0.1) is 5.54 Å². The zero-order valence-corrected chi connectivity index (χ0v) is 23.5. The smallest absolute Gasteiger partial charge is 0.302 e. The van der Waals surface area contributed by atoms with E-state index in [1.54, 1.807) is 0 Å². The van der Waals surface area contributed by atoms with Crippen LogP contribution in [0.25, 0.3) is 0 Å². The number of fused-ring (bicyclic) bond motifs is 7. The van der Waals surface area contributed by atoms with Gasteiger partial charge in [0.15, 0.2) is 5.78 Å². The molecule has 0 radical (unpaired) electrons. The number of hydrogen-bond acceptors (Lipinski definition) is 4. The van der Waals surface area contributed by atoms with Gasteiger partial charge >= 0.3 is 5.97 Å². The molecule has 11 atom stereocenters. The van der Waals surface area contributed by atoms with Crippen molar-refractivity contribution in [3.05, 3.63) is 11.6 Å². The molecule has 4 heteroatoms. The van der Waals surface area contributed by atoms with E-state index in [1.165, 1.54) is 38.2 Å². The standard InChI is InChI=1S/C31H49NO3/c1-18-9-12-27(4)15-16-29(6)21(25(27)19(18)2)17-22(34)26-28(5)13-11-24(35-20(3)33)31(8,32)23(28)10-14-30(26,29)7/h17-19,23-26H,9-16,32H2,1-8H3/t18-,19+,23-,24-,25+,26-,27-,28+,29-,30-,31-/m1/s1. The van der Waals surface area contributed by atoms with Crippen LogP contribution in [0.15, 0.2) is 11.6 Å². The fourth-order valence-corrected chi connectivity index (χ4v) is 10.8. The predicted molar refractivity (Wildman–Crippen MR) is 139 cm³/mol. The van der Waals surface area contributed by atoms with Crippen LogP contribution < -0.4 is 5.73 Å². The fourth-order valence-electron chi connectivity index (χ4n) is 10.8. The number of carbonyl (C=O) groups excluding carboxylic acids is 2. The minimum atomic E-state index is -0.621. The lowest BCUT2D eigenvalue weighted by Crippen LogP contribution is -2.71. The van der Waals surface area contributed by atoms with Gasteiger partial charge in [-0.05, 0) is 110 Å². The number of carbonyl (C=O) groups is 2. The minimum Gasteiger partial charge on any atom is -0.461 e. The Balaban J connectivity index is 1.59. The van der Waals surface area contributed by atoms with E-state index in [1.807, 2.05) is 0 Å². The number of rotatable bonds is 1. The second kappa shape index (κ2) is 7.68. The van der Waals surface area contributed by atoms with Crippen molar-refractivity contribution in [3.8, 4) is 0 Å². The van der Waals surface area contributed by atoms with Gasteiger partial charge in [-0.1, -0.05) is 47.1 Å². The SMILES string of the molecule is CC(=O)O[C@@H]1CC[C@]2(C)[C@H]3C(=O)C=C4[C@@H]5[C@@H](C)[C@H](C)CC[C@]5(C)CC[C@@]4(C)[C@]3(C)CC[C@H]2[C@@]1(C)N. The summed E-state index contributed by atoms with van der Waals surface area (Å²) < 4.78 is 5.73. The topological polar surface area (TPSA) is 69.4 Å². The Morgan fingerprint density at radius 2 is 1.66 bits per heavy atom. The van der Waals surface area contributed by atoms with Crippen LogP contribution in [0.3, 0.4) is 0 Å². The zero-order chi connectivity index (χ0) is 25.8. The van der Waals surface area contributed by atoms with Crippen molar-refractivity contribution >= 4 is 11.8 Å². The molecule has 0 saturated heterocycles. The zero-order valence-electron chi connectivity index (χ0n) is 23.5. The van der Waals surface area contributed by atoms with Gasteiger partial charge in [-0.2, -0.15) is 0 Å². The third-order valence-corrected chi connectivity index (χ3v) is 13.1. The third kappa shape index (κ3) is 3.20. The molecule has 0 aliphatic heterocycles. The maximum absolute atomic E-state index is 14.3. The van der Waals surface area contributed by atoms with Gasteiger partial charge in [-0.15, -0.1) is 0 Å². The van der Waals surface area contributed by atoms with Gasteiger partial charge in [0.1, 0.15) is 6.10 Å². The van der Waals surface area contributed by atoms with Gasteiger partial charge in [0, 0.05) is 12.8 Å². The summed E-state index contributed by atoms with van der Waals surface area (Å²) in [6.45, 7) is 18.2. The molecule has 4 nitrogen and oxygen atoms in total. The lowest BCUT2D eigenvalue weighted by atomic mass is 9.33. The van der Waals surface area contributed by atoms with E-state index < -0.39 is 5.54 Å². The molecule has 0 unspecified atom stereocenters. The molecular formula is C31H49NO3. The Morgan fingerprint density at radius 1 is 0.971 bits per heavy atom. The molecule has 4 saturated carbocycles. The first-order valence-corrected chi connectivity index (χ1v) is 14.3. The predicted octanol–water partition coefficient (Wildman–Crippen LogP) is 6.47. The first kappa shape index (κ1) is 25.5. The maximum atomic E-state index is 14.3. The quantitative estimate of drug-likeness (QED) is 0.434. The first-order chi connectivity index (χ1) is 16.1. The Morgan fingerprint density at radius 3 is 2.31 bits per heavy atom. The van der Waals surface area contributed by atoms with E-state index in [4.69, 9.17) is 10.5 Å². The molecule has 35 heavy (non-hydrogen) atoms. The Bertz CT molecular complexity index is 968. The monoisotopic (exact) mass is 483 g/mol. The second-order valence-electron chi connectivity index (χ2n) is 14.8. The summed E-state index contributed by atoms with van der Waals surface area (Å²) in [5.74, 6) is 2.07. The molecule has 0 bridgehead atoms. The number of ether oxygens (including phenoxy) is 1. The lowest BCUT2D eigenvalue weighted by molar-refractivity contribution is -0.196. The number of nitrogens with two attached hydrogens (primary N) is 1. The van der Waals surface area contributed by atoms with Crippen molar-refractivity contribution in [2.24, 2.45) is 57.0 Å². The van der Waals surface area contributed by atoms with Crippen LogP contribution in [0.1, 0.15) is 107 Å². The summed E-state index contributed by atoms with van der Waals surface area (Å²) in [6, 6.07) is 0. The van der Waals surface area contributed by atoms with Gasteiger partial charge in [-0.25, -0.2) is 0 Å². The van der Waals surface area contributed by atoms with Gasteiger partial charge in [0.25, 0.3) is 0 Å². The molecule has 0 aromatic heterocycles. The maximum Gasteiger partial charge on any atom is 0.302 e.